The van der Waals surface area contributed by atoms with Crippen molar-refractivity contribution in [3.63, 3.8) is 0 Å². The van der Waals surface area contributed by atoms with E-state index in [0.29, 0.717) is 6.54 Å². The van der Waals surface area contributed by atoms with E-state index in [1.165, 1.54) is 4.52 Å². The number of tetrazole rings is 1. The number of hydrogen-bond acceptors (Lipinski definition) is 4. The van der Waals surface area contributed by atoms with Gasteiger partial charge in [0.15, 0.2) is 0 Å². The molecule has 0 aliphatic heterocycles. The molecule has 0 aliphatic carbocycles. The summed E-state index contributed by atoms with van der Waals surface area (Å²) in [7, 11) is 0. The molecule has 0 unspecified atom stereocenters. The second-order valence-electron chi connectivity index (χ2n) is 4.78. The van der Waals surface area contributed by atoms with E-state index < -0.39 is 0 Å². The fourth-order valence-corrected chi connectivity index (χ4v) is 2.51. The number of aromatic nitrogens is 5. The van der Waals surface area contributed by atoms with Crippen molar-refractivity contribution in [2.24, 2.45) is 0 Å². The Balaban J connectivity index is 2.06. The maximum absolute atomic E-state index is 12.6. The third-order valence-corrected chi connectivity index (χ3v) is 3.49. The molecule has 102 valence electrons. The van der Waals surface area contributed by atoms with Crippen LogP contribution in [0.3, 0.4) is 0 Å². The lowest BCUT2D eigenvalue weighted by atomic mass is 10.2. The van der Waals surface area contributed by atoms with Gasteiger partial charge in [0.2, 0.25) is 5.65 Å². The third kappa shape index (κ3) is 1.80. The molecule has 2 heterocycles. The Hall–Kier alpha value is -3.02. The number of rotatable bonds is 2. The molecule has 2 aromatic heterocycles. The van der Waals surface area contributed by atoms with Gasteiger partial charge in [-0.05, 0) is 28.1 Å². The van der Waals surface area contributed by atoms with Gasteiger partial charge < -0.3 is 0 Å². The lowest BCUT2D eigenvalue weighted by molar-refractivity contribution is 0.780. The Bertz CT molecular complexity index is 987. The van der Waals surface area contributed by atoms with Gasteiger partial charge in [0.1, 0.15) is 0 Å². The molecular weight excluding hydrogens is 266 g/mol. The zero-order chi connectivity index (χ0) is 14.2. The average molecular weight is 277 g/mol. The highest BCUT2D eigenvalue weighted by molar-refractivity contribution is 5.77. The van der Waals surface area contributed by atoms with Crippen LogP contribution in [-0.2, 0) is 6.54 Å². The fourth-order valence-electron chi connectivity index (χ4n) is 2.51. The third-order valence-electron chi connectivity index (χ3n) is 3.49. The highest BCUT2D eigenvalue weighted by Crippen LogP contribution is 2.13. The summed E-state index contributed by atoms with van der Waals surface area (Å²) < 4.78 is 3.19. The molecule has 0 saturated heterocycles. The summed E-state index contributed by atoms with van der Waals surface area (Å²) >= 11 is 0. The molecule has 6 heteroatoms. The fraction of sp³-hybridized carbons (Fsp3) is 0.0667. The van der Waals surface area contributed by atoms with Crippen molar-refractivity contribution in [2.75, 3.05) is 0 Å². The Kier molecular flexibility index (Phi) is 2.53. The maximum Gasteiger partial charge on any atom is 0.298 e. The second kappa shape index (κ2) is 4.52. The average Bonchev–Trinajstić information content (AvgIpc) is 3.02. The van der Waals surface area contributed by atoms with Crippen LogP contribution in [-0.4, -0.2) is 24.6 Å². The van der Waals surface area contributed by atoms with Crippen LogP contribution in [0.25, 0.3) is 16.7 Å². The Morgan fingerprint density at radius 1 is 0.905 bits per heavy atom. The molecule has 0 aliphatic rings. The lowest BCUT2D eigenvalue weighted by Gasteiger charge is -2.10. The van der Waals surface area contributed by atoms with Crippen LogP contribution in [0, 0.1) is 0 Å². The predicted molar refractivity (Wildman–Crippen MR) is 78.1 cm³/mol. The second-order valence-corrected chi connectivity index (χ2v) is 4.78. The van der Waals surface area contributed by atoms with Gasteiger partial charge in [-0.1, -0.05) is 42.5 Å². The highest BCUT2D eigenvalue weighted by Gasteiger charge is 2.13. The van der Waals surface area contributed by atoms with E-state index in [2.05, 4.69) is 15.5 Å². The summed E-state index contributed by atoms with van der Waals surface area (Å²) in [6.07, 6.45) is 0. The van der Waals surface area contributed by atoms with Crippen LogP contribution in [0.4, 0.5) is 0 Å². The molecular formula is C15H11N5O. The number of para-hydroxylation sites is 2. The summed E-state index contributed by atoms with van der Waals surface area (Å²) in [4.78, 5) is 12.6. The molecule has 4 aromatic rings. The van der Waals surface area contributed by atoms with Gasteiger partial charge in [0, 0.05) is 0 Å². The number of fused-ring (bicyclic) bond motifs is 3. The Morgan fingerprint density at radius 3 is 2.43 bits per heavy atom. The molecule has 2 aromatic carbocycles. The quantitative estimate of drug-likeness (QED) is 0.557. The van der Waals surface area contributed by atoms with Crippen molar-refractivity contribution in [3.8, 4) is 0 Å². The van der Waals surface area contributed by atoms with Crippen molar-refractivity contribution < 1.29 is 0 Å². The van der Waals surface area contributed by atoms with Crippen LogP contribution in [0.5, 0.6) is 0 Å². The summed E-state index contributed by atoms with van der Waals surface area (Å²) in [5.74, 6) is 0. The Labute approximate surface area is 119 Å². The van der Waals surface area contributed by atoms with E-state index in [4.69, 9.17) is 0 Å². The molecule has 0 radical (unpaired) electrons. The SMILES string of the molecule is O=c1c2nnnn2c2ccccc2n1Cc1ccccc1. The van der Waals surface area contributed by atoms with E-state index in [1.54, 1.807) is 4.57 Å². The first-order valence-corrected chi connectivity index (χ1v) is 6.58. The highest BCUT2D eigenvalue weighted by atomic mass is 16.1. The minimum absolute atomic E-state index is 0.192. The van der Waals surface area contributed by atoms with Crippen LogP contribution >= 0.6 is 0 Å². The predicted octanol–water partition coefficient (Wildman–Crippen LogP) is 1.49. The van der Waals surface area contributed by atoms with Gasteiger partial charge in [0.25, 0.3) is 5.56 Å². The van der Waals surface area contributed by atoms with E-state index >= 15 is 0 Å². The molecule has 0 saturated carbocycles. The van der Waals surface area contributed by atoms with E-state index in [1.807, 2.05) is 54.6 Å². The van der Waals surface area contributed by atoms with Gasteiger partial charge in [-0.3, -0.25) is 9.36 Å². The van der Waals surface area contributed by atoms with Gasteiger partial charge in [-0.25, -0.2) is 0 Å². The summed E-state index contributed by atoms with van der Waals surface area (Å²) in [5.41, 5.74) is 2.73. The summed E-state index contributed by atoms with van der Waals surface area (Å²) in [6.45, 7) is 0.490. The summed E-state index contributed by atoms with van der Waals surface area (Å²) in [6, 6.07) is 17.5. The lowest BCUT2D eigenvalue weighted by Crippen LogP contribution is -2.24. The van der Waals surface area contributed by atoms with Crippen LogP contribution in [0.1, 0.15) is 5.56 Å². The number of nitrogens with zero attached hydrogens (tertiary/aromatic N) is 5. The maximum atomic E-state index is 12.6. The first-order valence-electron chi connectivity index (χ1n) is 6.58. The minimum atomic E-state index is -0.192. The van der Waals surface area contributed by atoms with Crippen molar-refractivity contribution in [1.29, 1.82) is 0 Å². The smallest absolute Gasteiger partial charge is 0.298 e. The topological polar surface area (TPSA) is 65.1 Å². The standard InChI is InChI=1S/C15H11N5O/c21-15-14-16-17-18-20(14)13-9-5-4-8-12(13)19(15)10-11-6-2-1-3-7-11/h1-9H,10H2. The van der Waals surface area contributed by atoms with Crippen LogP contribution < -0.4 is 5.56 Å². The molecule has 0 bridgehead atoms. The zero-order valence-electron chi connectivity index (χ0n) is 11.0. The largest absolute Gasteiger partial charge is 0.299 e. The van der Waals surface area contributed by atoms with Crippen molar-refractivity contribution in [2.45, 2.75) is 6.54 Å². The van der Waals surface area contributed by atoms with Crippen molar-refractivity contribution in [1.82, 2.24) is 24.6 Å². The number of hydrogen-bond donors (Lipinski definition) is 0. The minimum Gasteiger partial charge on any atom is -0.299 e. The van der Waals surface area contributed by atoms with Crippen molar-refractivity contribution in [3.05, 3.63) is 70.5 Å². The molecule has 4 rings (SSSR count). The van der Waals surface area contributed by atoms with E-state index in [0.717, 1.165) is 16.6 Å². The van der Waals surface area contributed by atoms with E-state index in [9.17, 15) is 4.79 Å². The molecule has 0 amide bonds. The molecule has 6 nitrogen and oxygen atoms in total. The van der Waals surface area contributed by atoms with Gasteiger partial charge in [-0.15, -0.1) is 5.10 Å². The Morgan fingerprint density at radius 2 is 1.62 bits per heavy atom. The molecule has 21 heavy (non-hydrogen) atoms. The molecule has 0 atom stereocenters. The monoisotopic (exact) mass is 277 g/mol. The van der Waals surface area contributed by atoms with Gasteiger partial charge in [-0.2, -0.15) is 4.52 Å². The van der Waals surface area contributed by atoms with E-state index in [-0.39, 0.29) is 11.2 Å². The summed E-state index contributed by atoms with van der Waals surface area (Å²) in [5, 5.41) is 11.3. The van der Waals surface area contributed by atoms with Crippen LogP contribution in [0.2, 0.25) is 0 Å². The normalized spacial score (nSPS) is 11.2. The van der Waals surface area contributed by atoms with Gasteiger partial charge >= 0.3 is 0 Å². The first kappa shape index (κ1) is 11.8. The number of benzene rings is 2. The molecule has 0 N–H and O–H groups in total. The van der Waals surface area contributed by atoms with Crippen molar-refractivity contribution >= 4 is 16.7 Å². The van der Waals surface area contributed by atoms with Crippen LogP contribution in [0.15, 0.2) is 59.4 Å². The molecule has 0 fully saturated rings. The zero-order valence-corrected chi connectivity index (χ0v) is 11.0. The first-order chi connectivity index (χ1) is 10.3. The molecule has 0 spiro atoms. The van der Waals surface area contributed by atoms with Gasteiger partial charge in [0.05, 0.1) is 17.6 Å².